The second-order valence-electron chi connectivity index (χ2n) is 6.84. The predicted octanol–water partition coefficient (Wildman–Crippen LogP) is 1.42. The summed E-state index contributed by atoms with van der Waals surface area (Å²) >= 11 is 0. The van der Waals surface area contributed by atoms with Crippen LogP contribution >= 0.6 is 0 Å². The standard InChI is InChI=1S/C19H23N3O4/c1-2-3-8-22-18(25)14-5-4-13(11-15(14)19(22)26)17(24)21-9-6-12(7-10-21)16(20)23/h4-5,11-12H,2-3,6-10H2,1H3,(H2,20,23). The predicted molar refractivity (Wildman–Crippen MR) is 94.5 cm³/mol. The molecule has 1 saturated heterocycles. The molecule has 2 heterocycles. The molecule has 1 fully saturated rings. The van der Waals surface area contributed by atoms with E-state index in [0.717, 1.165) is 12.8 Å². The number of hydrogen-bond donors (Lipinski definition) is 1. The third-order valence-corrected chi connectivity index (χ3v) is 5.14. The van der Waals surface area contributed by atoms with Gasteiger partial charge in [-0.2, -0.15) is 0 Å². The number of nitrogens with two attached hydrogens (primary N) is 1. The number of fused-ring (bicyclic) bond motifs is 1. The molecule has 2 N–H and O–H groups in total. The molecule has 7 heteroatoms. The van der Waals surface area contributed by atoms with E-state index >= 15 is 0 Å². The zero-order valence-electron chi connectivity index (χ0n) is 14.9. The van der Waals surface area contributed by atoms with Crippen molar-refractivity contribution in [2.24, 2.45) is 11.7 Å². The van der Waals surface area contributed by atoms with Crippen molar-refractivity contribution in [3.8, 4) is 0 Å². The lowest BCUT2D eigenvalue weighted by Crippen LogP contribution is -2.41. The van der Waals surface area contributed by atoms with Gasteiger partial charge in [-0.05, 0) is 37.5 Å². The fourth-order valence-corrected chi connectivity index (χ4v) is 3.49. The summed E-state index contributed by atoms with van der Waals surface area (Å²) in [5, 5.41) is 0. The van der Waals surface area contributed by atoms with Crippen molar-refractivity contribution >= 4 is 23.6 Å². The van der Waals surface area contributed by atoms with Crippen molar-refractivity contribution < 1.29 is 19.2 Å². The van der Waals surface area contributed by atoms with E-state index in [1.807, 2.05) is 6.92 Å². The highest BCUT2D eigenvalue weighted by Crippen LogP contribution is 2.26. The molecule has 2 aliphatic rings. The van der Waals surface area contributed by atoms with Crippen LogP contribution in [0.4, 0.5) is 0 Å². The van der Waals surface area contributed by atoms with Crippen LogP contribution in [0.2, 0.25) is 0 Å². The van der Waals surface area contributed by atoms with E-state index < -0.39 is 0 Å². The van der Waals surface area contributed by atoms with Gasteiger partial charge in [0.1, 0.15) is 0 Å². The van der Waals surface area contributed by atoms with Gasteiger partial charge in [-0.15, -0.1) is 0 Å². The van der Waals surface area contributed by atoms with Gasteiger partial charge in [-0.3, -0.25) is 24.1 Å². The van der Waals surface area contributed by atoms with Crippen LogP contribution in [0.25, 0.3) is 0 Å². The molecule has 1 aromatic rings. The maximum Gasteiger partial charge on any atom is 0.261 e. The minimum Gasteiger partial charge on any atom is -0.369 e. The molecule has 2 aliphatic heterocycles. The molecular formula is C19H23N3O4. The Morgan fingerprint density at radius 2 is 1.77 bits per heavy atom. The lowest BCUT2D eigenvalue weighted by atomic mass is 9.95. The molecule has 138 valence electrons. The Balaban J connectivity index is 1.75. The number of amides is 4. The molecule has 26 heavy (non-hydrogen) atoms. The molecule has 7 nitrogen and oxygen atoms in total. The first kappa shape index (κ1) is 18.1. The van der Waals surface area contributed by atoms with E-state index in [2.05, 4.69) is 0 Å². The van der Waals surface area contributed by atoms with Crippen LogP contribution in [0, 0.1) is 5.92 Å². The van der Waals surface area contributed by atoms with E-state index in [4.69, 9.17) is 5.73 Å². The Morgan fingerprint density at radius 3 is 2.38 bits per heavy atom. The highest BCUT2D eigenvalue weighted by atomic mass is 16.2. The van der Waals surface area contributed by atoms with Crippen LogP contribution in [0.5, 0.6) is 0 Å². The van der Waals surface area contributed by atoms with Crippen molar-refractivity contribution in [3.05, 3.63) is 34.9 Å². The number of nitrogens with zero attached hydrogens (tertiary/aromatic N) is 2. The SMILES string of the molecule is CCCCN1C(=O)c2ccc(C(=O)N3CCC(C(N)=O)CC3)cc2C1=O. The summed E-state index contributed by atoms with van der Waals surface area (Å²) < 4.78 is 0. The molecule has 0 spiro atoms. The highest BCUT2D eigenvalue weighted by molar-refractivity contribution is 6.22. The number of imide groups is 1. The summed E-state index contributed by atoms with van der Waals surface area (Å²) in [4.78, 5) is 51.8. The molecule has 0 bridgehead atoms. The zero-order chi connectivity index (χ0) is 18.8. The topological polar surface area (TPSA) is 101 Å². The maximum absolute atomic E-state index is 12.7. The van der Waals surface area contributed by atoms with Crippen LogP contribution in [0.1, 0.15) is 63.7 Å². The lowest BCUT2D eigenvalue weighted by Gasteiger charge is -2.30. The number of carbonyl (C=O) groups excluding carboxylic acids is 4. The number of benzene rings is 1. The summed E-state index contributed by atoms with van der Waals surface area (Å²) in [5.74, 6) is -1.33. The molecule has 0 aliphatic carbocycles. The molecule has 0 atom stereocenters. The molecule has 0 unspecified atom stereocenters. The number of hydrogen-bond acceptors (Lipinski definition) is 4. The Labute approximate surface area is 152 Å². The van der Waals surface area contributed by atoms with Crippen molar-refractivity contribution in [2.45, 2.75) is 32.6 Å². The summed E-state index contributed by atoms with van der Waals surface area (Å²) in [6.45, 7) is 3.31. The van der Waals surface area contributed by atoms with Gasteiger partial charge < -0.3 is 10.6 Å². The molecule has 1 aromatic carbocycles. The highest BCUT2D eigenvalue weighted by Gasteiger charge is 2.36. The van der Waals surface area contributed by atoms with Crippen molar-refractivity contribution in [2.75, 3.05) is 19.6 Å². The Kier molecular flexibility index (Phi) is 5.06. The monoisotopic (exact) mass is 357 g/mol. The van der Waals surface area contributed by atoms with Gasteiger partial charge >= 0.3 is 0 Å². The van der Waals surface area contributed by atoms with Crippen molar-refractivity contribution in [1.29, 1.82) is 0 Å². The number of primary amides is 1. The summed E-state index contributed by atoms with van der Waals surface area (Å²) in [6, 6.07) is 4.67. The van der Waals surface area contributed by atoms with E-state index in [1.165, 1.54) is 11.0 Å². The number of unbranched alkanes of at least 4 members (excludes halogenated alkanes) is 1. The van der Waals surface area contributed by atoms with Crippen molar-refractivity contribution in [3.63, 3.8) is 0 Å². The minimum absolute atomic E-state index is 0.189. The second kappa shape index (κ2) is 7.27. The van der Waals surface area contributed by atoms with E-state index in [-0.39, 0.29) is 29.5 Å². The van der Waals surface area contributed by atoms with Crippen molar-refractivity contribution in [1.82, 2.24) is 9.80 Å². The third-order valence-electron chi connectivity index (χ3n) is 5.14. The number of carbonyl (C=O) groups is 4. The van der Waals surface area contributed by atoms with Gasteiger partial charge in [-0.25, -0.2) is 0 Å². The first-order chi connectivity index (χ1) is 12.4. The zero-order valence-corrected chi connectivity index (χ0v) is 14.9. The normalized spacial score (nSPS) is 17.6. The van der Waals surface area contributed by atoms with Gasteiger partial charge in [-0.1, -0.05) is 13.3 Å². The molecule has 4 amide bonds. The average molecular weight is 357 g/mol. The first-order valence-corrected chi connectivity index (χ1v) is 9.02. The van der Waals surface area contributed by atoms with Crippen LogP contribution < -0.4 is 5.73 Å². The summed E-state index contributed by atoms with van der Waals surface area (Å²) in [5.41, 5.74) is 6.36. The second-order valence-corrected chi connectivity index (χ2v) is 6.84. The number of rotatable bonds is 5. The van der Waals surface area contributed by atoms with Gasteiger partial charge in [0, 0.05) is 31.1 Å². The van der Waals surface area contributed by atoms with Gasteiger partial charge in [0.15, 0.2) is 0 Å². The van der Waals surface area contributed by atoms with E-state index in [0.29, 0.717) is 49.2 Å². The van der Waals surface area contributed by atoms with Gasteiger partial charge in [0.05, 0.1) is 11.1 Å². The molecule has 3 rings (SSSR count). The Bertz CT molecular complexity index is 766. The molecule has 0 radical (unpaired) electrons. The Hall–Kier alpha value is -2.70. The fraction of sp³-hybridized carbons (Fsp3) is 0.474. The summed E-state index contributed by atoms with van der Waals surface area (Å²) in [6.07, 6.45) is 2.74. The maximum atomic E-state index is 12.7. The quantitative estimate of drug-likeness (QED) is 0.805. The van der Waals surface area contributed by atoms with Gasteiger partial charge in [0.25, 0.3) is 17.7 Å². The van der Waals surface area contributed by atoms with Crippen LogP contribution in [0.3, 0.4) is 0 Å². The number of likely N-dealkylation sites (tertiary alicyclic amines) is 1. The molecule has 0 saturated carbocycles. The fourth-order valence-electron chi connectivity index (χ4n) is 3.49. The smallest absolute Gasteiger partial charge is 0.261 e. The lowest BCUT2D eigenvalue weighted by molar-refractivity contribution is -0.123. The van der Waals surface area contributed by atoms with Crippen LogP contribution in [-0.4, -0.2) is 53.1 Å². The summed E-state index contributed by atoms with van der Waals surface area (Å²) in [7, 11) is 0. The largest absolute Gasteiger partial charge is 0.369 e. The number of piperidine rings is 1. The molecular weight excluding hydrogens is 334 g/mol. The average Bonchev–Trinajstić information content (AvgIpc) is 2.89. The molecule has 0 aromatic heterocycles. The third kappa shape index (κ3) is 3.21. The minimum atomic E-state index is -0.333. The van der Waals surface area contributed by atoms with E-state index in [1.54, 1.807) is 17.0 Å². The van der Waals surface area contributed by atoms with E-state index in [9.17, 15) is 19.2 Å². The van der Waals surface area contributed by atoms with Crippen LogP contribution in [-0.2, 0) is 4.79 Å². The first-order valence-electron chi connectivity index (χ1n) is 9.02. The van der Waals surface area contributed by atoms with Gasteiger partial charge in [0.2, 0.25) is 5.91 Å². The Morgan fingerprint density at radius 1 is 1.12 bits per heavy atom. The van der Waals surface area contributed by atoms with Crippen LogP contribution in [0.15, 0.2) is 18.2 Å².